The summed E-state index contributed by atoms with van der Waals surface area (Å²) >= 11 is 1.45. The number of hydrogen-bond acceptors (Lipinski definition) is 5. The minimum Gasteiger partial charge on any atom is -0.469 e. The van der Waals surface area contributed by atoms with E-state index in [9.17, 15) is 9.59 Å². The molecule has 0 unspecified atom stereocenters. The highest BCUT2D eigenvalue weighted by atomic mass is 32.1. The maximum absolute atomic E-state index is 12.3. The molecule has 1 saturated carbocycles. The Morgan fingerprint density at radius 2 is 2.28 bits per heavy atom. The molecule has 0 spiro atoms. The van der Waals surface area contributed by atoms with Gasteiger partial charge < -0.3 is 4.74 Å². The molecule has 0 saturated heterocycles. The molecule has 1 aliphatic rings. The molecule has 0 aromatic carbocycles. The van der Waals surface area contributed by atoms with Gasteiger partial charge in [0.2, 0.25) is 5.91 Å². The van der Waals surface area contributed by atoms with Crippen molar-refractivity contribution in [2.45, 2.75) is 20.3 Å². The van der Waals surface area contributed by atoms with Crippen LogP contribution in [0.3, 0.4) is 0 Å². The molecule has 18 heavy (non-hydrogen) atoms. The van der Waals surface area contributed by atoms with Crippen molar-refractivity contribution in [1.82, 2.24) is 4.98 Å². The van der Waals surface area contributed by atoms with Crippen molar-refractivity contribution in [2.75, 3.05) is 18.6 Å². The molecule has 5 nitrogen and oxygen atoms in total. The van der Waals surface area contributed by atoms with Gasteiger partial charge in [-0.3, -0.25) is 14.5 Å². The van der Waals surface area contributed by atoms with Gasteiger partial charge in [0.15, 0.2) is 5.13 Å². The quantitative estimate of drug-likeness (QED) is 0.778. The Kier molecular flexibility index (Phi) is 3.65. The normalized spacial score (nSPS) is 21.5. The highest BCUT2D eigenvalue weighted by Crippen LogP contribution is 2.41. The van der Waals surface area contributed by atoms with Crippen molar-refractivity contribution in [3.8, 4) is 0 Å². The molecule has 1 aliphatic carbocycles. The standard InChI is InChI=1S/C12H16N2O3S/c1-4-14(12-13-7(2)6-18-12)10(15)8-5-9(8)11(16)17-3/h6,8-9H,4-5H2,1-3H3/t8-,9-/m1/s1. The van der Waals surface area contributed by atoms with Crippen LogP contribution >= 0.6 is 11.3 Å². The monoisotopic (exact) mass is 268 g/mol. The van der Waals surface area contributed by atoms with Gasteiger partial charge in [-0.2, -0.15) is 0 Å². The van der Waals surface area contributed by atoms with Crippen molar-refractivity contribution in [2.24, 2.45) is 11.8 Å². The van der Waals surface area contributed by atoms with Gasteiger partial charge in [0.1, 0.15) is 0 Å². The largest absolute Gasteiger partial charge is 0.469 e. The zero-order valence-corrected chi connectivity index (χ0v) is 11.5. The third kappa shape index (κ3) is 2.38. The summed E-state index contributed by atoms with van der Waals surface area (Å²) in [6.45, 7) is 4.37. The molecule has 0 bridgehead atoms. The predicted molar refractivity (Wildman–Crippen MR) is 68.5 cm³/mol. The SMILES string of the molecule is CCN(C(=O)[C@@H]1C[C@H]1C(=O)OC)c1nc(C)cs1. The van der Waals surface area contributed by atoms with Gasteiger partial charge in [0.05, 0.1) is 24.6 Å². The minimum absolute atomic E-state index is 0.0257. The summed E-state index contributed by atoms with van der Waals surface area (Å²) in [5.74, 6) is -0.818. The number of carbonyl (C=O) groups excluding carboxylic acids is 2. The second-order valence-corrected chi connectivity index (χ2v) is 5.16. The molecule has 1 heterocycles. The molecule has 1 aromatic rings. The fraction of sp³-hybridized carbons (Fsp3) is 0.583. The minimum atomic E-state index is -0.292. The van der Waals surface area contributed by atoms with Crippen LogP contribution < -0.4 is 4.90 Å². The number of nitrogens with zero attached hydrogens (tertiary/aromatic N) is 2. The fourth-order valence-corrected chi connectivity index (χ4v) is 2.80. The number of methoxy groups -OCH3 is 1. The van der Waals surface area contributed by atoms with E-state index in [4.69, 9.17) is 0 Å². The lowest BCUT2D eigenvalue weighted by Crippen LogP contribution is -2.33. The molecule has 1 aromatic heterocycles. The Morgan fingerprint density at radius 3 is 2.78 bits per heavy atom. The molecule has 1 fully saturated rings. The maximum atomic E-state index is 12.3. The molecule has 98 valence electrons. The Labute approximate surface area is 110 Å². The van der Waals surface area contributed by atoms with Gasteiger partial charge in [-0.1, -0.05) is 0 Å². The summed E-state index contributed by atoms with van der Waals surface area (Å²) in [5.41, 5.74) is 0.904. The van der Waals surface area contributed by atoms with Gasteiger partial charge in [-0.05, 0) is 20.3 Å². The van der Waals surface area contributed by atoms with E-state index >= 15 is 0 Å². The highest BCUT2D eigenvalue weighted by Gasteiger charge is 2.50. The van der Waals surface area contributed by atoms with E-state index < -0.39 is 0 Å². The van der Waals surface area contributed by atoms with E-state index in [0.29, 0.717) is 18.1 Å². The predicted octanol–water partition coefficient (Wildman–Crippen LogP) is 1.61. The third-order valence-electron chi connectivity index (χ3n) is 3.03. The van der Waals surface area contributed by atoms with Gasteiger partial charge in [-0.25, -0.2) is 4.98 Å². The summed E-state index contributed by atoms with van der Waals surface area (Å²) < 4.78 is 4.66. The summed E-state index contributed by atoms with van der Waals surface area (Å²) in [6.07, 6.45) is 0.590. The average Bonchev–Trinajstić information content (AvgIpc) is 3.06. The fourth-order valence-electron chi connectivity index (χ4n) is 1.93. The molecule has 2 rings (SSSR count). The smallest absolute Gasteiger partial charge is 0.309 e. The molecule has 0 radical (unpaired) electrons. The van der Waals surface area contributed by atoms with Crippen LogP contribution in [0.1, 0.15) is 19.0 Å². The van der Waals surface area contributed by atoms with Crippen LogP contribution in [0.4, 0.5) is 5.13 Å². The second kappa shape index (κ2) is 5.06. The zero-order chi connectivity index (χ0) is 13.3. The van der Waals surface area contributed by atoms with E-state index in [1.54, 1.807) is 4.90 Å². The van der Waals surface area contributed by atoms with Crippen LogP contribution in [0.5, 0.6) is 0 Å². The lowest BCUT2D eigenvalue weighted by molar-refractivity contribution is -0.143. The Morgan fingerprint density at radius 1 is 1.56 bits per heavy atom. The van der Waals surface area contributed by atoms with E-state index in [1.165, 1.54) is 18.4 Å². The number of ether oxygens (including phenoxy) is 1. The summed E-state index contributed by atoms with van der Waals surface area (Å²) in [6, 6.07) is 0. The Balaban J connectivity index is 2.06. The lowest BCUT2D eigenvalue weighted by atomic mass is 10.3. The maximum Gasteiger partial charge on any atom is 0.309 e. The van der Waals surface area contributed by atoms with Crippen molar-refractivity contribution in [3.63, 3.8) is 0 Å². The third-order valence-corrected chi connectivity index (χ3v) is 4.01. The van der Waals surface area contributed by atoms with Crippen LogP contribution in [0.25, 0.3) is 0 Å². The summed E-state index contributed by atoms with van der Waals surface area (Å²) in [5, 5.41) is 2.62. The summed E-state index contributed by atoms with van der Waals surface area (Å²) in [4.78, 5) is 29.6. The van der Waals surface area contributed by atoms with Crippen molar-refractivity contribution in [1.29, 1.82) is 0 Å². The number of anilines is 1. The van der Waals surface area contributed by atoms with Gasteiger partial charge >= 0.3 is 5.97 Å². The molecule has 6 heteroatoms. The second-order valence-electron chi connectivity index (χ2n) is 4.33. The van der Waals surface area contributed by atoms with Gasteiger partial charge in [0, 0.05) is 11.9 Å². The number of hydrogen-bond donors (Lipinski definition) is 0. The van der Waals surface area contributed by atoms with Gasteiger partial charge in [-0.15, -0.1) is 11.3 Å². The van der Waals surface area contributed by atoms with Crippen LogP contribution in [0.15, 0.2) is 5.38 Å². The Hall–Kier alpha value is -1.43. The number of rotatable bonds is 4. The lowest BCUT2D eigenvalue weighted by Gasteiger charge is -2.17. The number of carbonyl (C=O) groups is 2. The topological polar surface area (TPSA) is 59.5 Å². The molecular formula is C12H16N2O3S. The van der Waals surface area contributed by atoms with E-state index in [2.05, 4.69) is 9.72 Å². The number of aromatic nitrogens is 1. The first-order chi connectivity index (χ1) is 8.58. The highest BCUT2D eigenvalue weighted by molar-refractivity contribution is 7.14. The Bertz CT molecular complexity index is 472. The van der Waals surface area contributed by atoms with Crippen molar-refractivity contribution in [3.05, 3.63) is 11.1 Å². The van der Waals surface area contributed by atoms with Crippen LogP contribution in [-0.2, 0) is 14.3 Å². The van der Waals surface area contributed by atoms with E-state index in [-0.39, 0.29) is 23.7 Å². The van der Waals surface area contributed by atoms with Crippen molar-refractivity contribution >= 4 is 28.3 Å². The average molecular weight is 268 g/mol. The number of thiazole rings is 1. The first-order valence-electron chi connectivity index (χ1n) is 5.89. The number of esters is 1. The first-order valence-corrected chi connectivity index (χ1v) is 6.77. The molecule has 0 aliphatic heterocycles. The van der Waals surface area contributed by atoms with Crippen molar-refractivity contribution < 1.29 is 14.3 Å². The molecule has 1 amide bonds. The number of aryl methyl sites for hydroxylation is 1. The van der Waals surface area contributed by atoms with Crippen LogP contribution in [-0.4, -0.2) is 30.5 Å². The molecule has 2 atom stereocenters. The summed E-state index contributed by atoms with van der Waals surface area (Å²) in [7, 11) is 1.35. The molecular weight excluding hydrogens is 252 g/mol. The van der Waals surface area contributed by atoms with Crippen LogP contribution in [0.2, 0.25) is 0 Å². The zero-order valence-electron chi connectivity index (χ0n) is 10.7. The van der Waals surface area contributed by atoms with E-state index in [0.717, 1.165) is 5.69 Å². The van der Waals surface area contributed by atoms with Crippen LogP contribution in [0, 0.1) is 18.8 Å². The van der Waals surface area contributed by atoms with E-state index in [1.807, 2.05) is 19.2 Å². The number of amides is 1. The first kappa shape index (κ1) is 13.0. The molecule has 0 N–H and O–H groups in total. The van der Waals surface area contributed by atoms with Gasteiger partial charge in [0.25, 0.3) is 0 Å².